The van der Waals surface area contributed by atoms with E-state index in [4.69, 9.17) is 15.0 Å². The molecule has 1 atom stereocenters. The SMILES string of the molecule is Cc1c(-c2ccccc2)c(C)c(-c2cccc(-c3nc(-c4ccccc4)nc(C4c5cc(C(=O)c6ccccc6)ccc5-c5cc6c(cc54)C(C)(C)c4ccccc4-6)n3)c2)c(C)c1-c1ccccc1. The summed E-state index contributed by atoms with van der Waals surface area (Å²) in [6, 6.07) is 69.7. The molecule has 0 amide bonds. The topological polar surface area (TPSA) is 55.7 Å². The fraction of sp³-hybridized carbons (Fsp3) is 0.108. The Morgan fingerprint density at radius 3 is 1.54 bits per heavy atom. The third-order valence-corrected chi connectivity index (χ3v) is 14.7. The van der Waals surface area contributed by atoms with Crippen LogP contribution >= 0.6 is 0 Å². The summed E-state index contributed by atoms with van der Waals surface area (Å²) in [5, 5.41) is 0. The Morgan fingerprint density at radius 1 is 0.391 bits per heavy atom. The number of carbonyl (C=O) groups excluding carboxylic acids is 1. The molecule has 330 valence electrons. The predicted molar refractivity (Wildman–Crippen MR) is 281 cm³/mol. The van der Waals surface area contributed by atoms with Gasteiger partial charge in [-0.05, 0) is 134 Å². The Kier molecular flexibility index (Phi) is 10.0. The second-order valence-corrected chi connectivity index (χ2v) is 19.1. The zero-order valence-electron chi connectivity index (χ0n) is 39.4. The van der Waals surface area contributed by atoms with Crippen molar-refractivity contribution in [2.24, 2.45) is 0 Å². The Bertz CT molecular complexity index is 3600. The van der Waals surface area contributed by atoms with Crippen LogP contribution in [0.1, 0.15) is 80.5 Å². The number of carbonyl (C=O) groups is 1. The lowest BCUT2D eigenvalue weighted by Crippen LogP contribution is -2.16. The molecule has 0 fully saturated rings. The van der Waals surface area contributed by atoms with Crippen LogP contribution in [-0.2, 0) is 5.41 Å². The van der Waals surface area contributed by atoms with E-state index in [2.05, 4.69) is 180 Å². The van der Waals surface area contributed by atoms with Crippen molar-refractivity contribution in [2.75, 3.05) is 0 Å². The van der Waals surface area contributed by atoms with Crippen molar-refractivity contribution in [3.05, 3.63) is 256 Å². The van der Waals surface area contributed by atoms with Crippen molar-refractivity contribution in [3.63, 3.8) is 0 Å². The molecule has 69 heavy (non-hydrogen) atoms. The van der Waals surface area contributed by atoms with E-state index < -0.39 is 0 Å². The lowest BCUT2D eigenvalue weighted by atomic mass is 9.80. The molecular formula is C65H49N3O. The van der Waals surface area contributed by atoms with Crippen LogP contribution in [0, 0.1) is 20.8 Å². The highest BCUT2D eigenvalue weighted by molar-refractivity contribution is 6.09. The molecule has 2 aliphatic rings. The molecule has 4 nitrogen and oxygen atoms in total. The van der Waals surface area contributed by atoms with Crippen LogP contribution in [0.25, 0.3) is 78.4 Å². The molecule has 1 aromatic heterocycles. The summed E-state index contributed by atoms with van der Waals surface area (Å²) >= 11 is 0. The van der Waals surface area contributed by atoms with Gasteiger partial charge in [0, 0.05) is 27.7 Å². The third kappa shape index (κ3) is 6.89. The van der Waals surface area contributed by atoms with Gasteiger partial charge in [0.2, 0.25) is 0 Å². The predicted octanol–water partition coefficient (Wildman–Crippen LogP) is 15.8. The number of benzene rings is 9. The van der Waals surface area contributed by atoms with E-state index in [9.17, 15) is 4.79 Å². The van der Waals surface area contributed by atoms with Gasteiger partial charge in [-0.25, -0.2) is 15.0 Å². The van der Waals surface area contributed by atoms with Crippen LogP contribution in [0.4, 0.5) is 0 Å². The maximum Gasteiger partial charge on any atom is 0.193 e. The van der Waals surface area contributed by atoms with Gasteiger partial charge >= 0.3 is 0 Å². The first-order chi connectivity index (χ1) is 33.7. The first-order valence-corrected chi connectivity index (χ1v) is 23.8. The van der Waals surface area contributed by atoms with E-state index in [0.29, 0.717) is 28.6 Å². The van der Waals surface area contributed by atoms with E-state index >= 15 is 0 Å². The number of rotatable bonds is 8. The minimum atomic E-state index is -0.376. The second kappa shape index (κ2) is 16.5. The number of fused-ring (bicyclic) bond motifs is 6. The van der Waals surface area contributed by atoms with Gasteiger partial charge in [0.05, 0.1) is 5.92 Å². The highest BCUT2D eigenvalue weighted by atomic mass is 16.1. The third-order valence-electron chi connectivity index (χ3n) is 14.7. The van der Waals surface area contributed by atoms with E-state index in [1.807, 2.05) is 54.6 Å². The van der Waals surface area contributed by atoms with Crippen molar-refractivity contribution in [2.45, 2.75) is 46.0 Å². The molecule has 12 rings (SSSR count). The fourth-order valence-corrected chi connectivity index (χ4v) is 11.5. The largest absolute Gasteiger partial charge is 0.289 e. The molecule has 0 aliphatic heterocycles. The molecular weight excluding hydrogens is 839 g/mol. The Labute approximate surface area is 404 Å². The van der Waals surface area contributed by atoms with Crippen LogP contribution in [-0.4, -0.2) is 20.7 Å². The standard InChI is InChI=1S/C65H49N3O/c1-39-57(42-21-10-6-11-22-42)40(2)59(41(3)58(39)43-23-12-7-13-24-43)46-29-20-30-48(35-46)63-66-62(45-27-16-9-17-28-45)67-64(68-63)60-53-36-47(61(69)44-25-14-8-15-26-44)33-34-49(53)51-37-52-50-31-18-19-32-55(50)65(4,5)56(52)38-54(51)60/h6-38,60H,1-5H3. The van der Waals surface area contributed by atoms with Gasteiger partial charge in [0.15, 0.2) is 17.4 Å². The van der Waals surface area contributed by atoms with Crippen molar-refractivity contribution in [3.8, 4) is 78.4 Å². The summed E-state index contributed by atoms with van der Waals surface area (Å²) in [6.07, 6.45) is 0. The molecule has 2 aliphatic carbocycles. The molecule has 0 saturated carbocycles. The number of ketones is 1. The molecule has 10 aromatic rings. The molecule has 1 unspecified atom stereocenters. The van der Waals surface area contributed by atoms with E-state index in [0.717, 1.165) is 38.9 Å². The van der Waals surface area contributed by atoms with Crippen LogP contribution in [0.2, 0.25) is 0 Å². The lowest BCUT2D eigenvalue weighted by Gasteiger charge is -2.24. The van der Waals surface area contributed by atoms with Gasteiger partial charge in [-0.1, -0.05) is 196 Å². The molecule has 0 radical (unpaired) electrons. The van der Waals surface area contributed by atoms with Gasteiger partial charge in [0.25, 0.3) is 0 Å². The van der Waals surface area contributed by atoms with E-state index in [1.54, 1.807) is 0 Å². The summed E-state index contributed by atoms with van der Waals surface area (Å²) in [6.45, 7) is 11.4. The van der Waals surface area contributed by atoms with Gasteiger partial charge in [-0.2, -0.15) is 0 Å². The molecule has 4 heteroatoms. The number of hydrogen-bond acceptors (Lipinski definition) is 4. The molecule has 0 bridgehead atoms. The van der Waals surface area contributed by atoms with Gasteiger partial charge in [-0.3, -0.25) is 4.79 Å². The van der Waals surface area contributed by atoms with Crippen molar-refractivity contribution in [1.29, 1.82) is 0 Å². The van der Waals surface area contributed by atoms with Gasteiger partial charge in [-0.15, -0.1) is 0 Å². The van der Waals surface area contributed by atoms with Crippen molar-refractivity contribution < 1.29 is 4.79 Å². The number of nitrogens with zero attached hydrogens (tertiary/aromatic N) is 3. The molecule has 1 heterocycles. The zero-order chi connectivity index (χ0) is 47.0. The Hall–Kier alpha value is -8.34. The van der Waals surface area contributed by atoms with Gasteiger partial charge in [0.1, 0.15) is 5.82 Å². The molecule has 0 spiro atoms. The zero-order valence-corrected chi connectivity index (χ0v) is 39.4. The normalized spacial score (nSPS) is 13.9. The summed E-state index contributed by atoms with van der Waals surface area (Å²) in [4.78, 5) is 30.4. The average molecular weight is 888 g/mol. The molecule has 0 N–H and O–H groups in total. The van der Waals surface area contributed by atoms with Crippen LogP contribution < -0.4 is 0 Å². The first-order valence-electron chi connectivity index (χ1n) is 23.8. The minimum absolute atomic E-state index is 0.0173. The fourth-order valence-electron chi connectivity index (χ4n) is 11.5. The lowest BCUT2D eigenvalue weighted by molar-refractivity contribution is 0.103. The average Bonchev–Trinajstić information content (AvgIpc) is 3.83. The second-order valence-electron chi connectivity index (χ2n) is 19.1. The highest BCUT2D eigenvalue weighted by Gasteiger charge is 2.41. The van der Waals surface area contributed by atoms with E-state index in [1.165, 1.54) is 66.8 Å². The van der Waals surface area contributed by atoms with Crippen LogP contribution in [0.3, 0.4) is 0 Å². The van der Waals surface area contributed by atoms with Gasteiger partial charge < -0.3 is 0 Å². The highest BCUT2D eigenvalue weighted by Crippen LogP contribution is 2.56. The maximum absolute atomic E-state index is 14.2. The quantitative estimate of drug-likeness (QED) is 0.143. The smallest absolute Gasteiger partial charge is 0.193 e. The summed E-state index contributed by atoms with van der Waals surface area (Å²) in [5.74, 6) is 1.44. The monoisotopic (exact) mass is 887 g/mol. The number of aromatic nitrogens is 3. The van der Waals surface area contributed by atoms with Crippen molar-refractivity contribution in [1.82, 2.24) is 15.0 Å². The molecule has 0 saturated heterocycles. The summed E-state index contributed by atoms with van der Waals surface area (Å²) < 4.78 is 0. The van der Waals surface area contributed by atoms with Crippen LogP contribution in [0.15, 0.2) is 200 Å². The first kappa shape index (κ1) is 42.0. The van der Waals surface area contributed by atoms with Crippen molar-refractivity contribution >= 4 is 5.78 Å². The minimum Gasteiger partial charge on any atom is -0.289 e. The summed E-state index contributed by atoms with van der Waals surface area (Å²) in [5.41, 5.74) is 23.2. The number of hydrogen-bond donors (Lipinski definition) is 0. The van der Waals surface area contributed by atoms with Crippen LogP contribution in [0.5, 0.6) is 0 Å². The Morgan fingerprint density at radius 2 is 0.899 bits per heavy atom. The Balaban J connectivity index is 1.08. The van der Waals surface area contributed by atoms with E-state index in [-0.39, 0.29) is 17.1 Å². The molecule has 9 aromatic carbocycles. The maximum atomic E-state index is 14.2. The summed E-state index contributed by atoms with van der Waals surface area (Å²) in [7, 11) is 0.